The lowest BCUT2D eigenvalue weighted by molar-refractivity contribution is 0.0696. The second kappa shape index (κ2) is 14.6. The Morgan fingerprint density at radius 3 is 2.45 bits per heavy atom. The maximum Gasteiger partial charge on any atom is 0.335 e. The molecule has 3 aromatic carbocycles. The number of alkyl halides is 1. The van der Waals surface area contributed by atoms with Crippen LogP contribution in [0.25, 0.3) is 32.9 Å². The molecule has 0 aliphatic carbocycles. The smallest absolute Gasteiger partial charge is 0.335 e. The number of likely N-dealkylation sites (tertiary alicyclic amines) is 1. The summed E-state index contributed by atoms with van der Waals surface area (Å²) < 4.78 is 12.5. The average molecular weight is 796 g/mol. The van der Waals surface area contributed by atoms with Crippen LogP contribution >= 0.6 is 23.2 Å². The van der Waals surface area contributed by atoms with Crippen LogP contribution in [0, 0.1) is 33.6 Å². The van der Waals surface area contributed by atoms with Crippen LogP contribution in [0.1, 0.15) is 74.7 Å². The van der Waals surface area contributed by atoms with Crippen LogP contribution in [0.3, 0.4) is 0 Å². The number of rotatable bonds is 10. The number of hydrogen-bond donors (Lipinski definition) is 1. The highest BCUT2D eigenvalue weighted by Crippen LogP contribution is 2.46. The number of fused-ring (bicyclic) bond motifs is 4. The molecule has 1 N–H and O–H groups in total. The Balaban J connectivity index is 1.26. The van der Waals surface area contributed by atoms with Crippen molar-refractivity contribution in [3.05, 3.63) is 99.1 Å². The molecule has 2 unspecified atom stereocenters. The van der Waals surface area contributed by atoms with Gasteiger partial charge in [0.2, 0.25) is 0 Å². The van der Waals surface area contributed by atoms with Gasteiger partial charge >= 0.3 is 5.97 Å². The average Bonchev–Trinajstić information content (AvgIpc) is 3.90. The molecule has 2 aliphatic heterocycles. The molecule has 1 saturated heterocycles. The number of amides is 1. The molecular formula is C44H48Cl2N6O4. The van der Waals surface area contributed by atoms with Crippen LogP contribution in [-0.4, -0.2) is 73.0 Å². The van der Waals surface area contributed by atoms with Gasteiger partial charge in [-0.05, 0) is 120 Å². The molecule has 0 bridgehead atoms. The second-order valence-electron chi connectivity index (χ2n) is 15.8. The number of carbonyl (C=O) groups is 2. The Kier molecular flexibility index (Phi) is 9.96. The fraction of sp³-hybridized carbons (Fsp3) is 0.386. The van der Waals surface area contributed by atoms with Crippen LogP contribution in [0.5, 0.6) is 5.75 Å². The third-order valence-corrected chi connectivity index (χ3v) is 13.1. The van der Waals surface area contributed by atoms with E-state index in [-0.39, 0.29) is 17.5 Å². The molecule has 0 saturated carbocycles. The number of aromatic carboxylic acids is 1. The molecule has 2 aliphatic rings. The van der Waals surface area contributed by atoms with Gasteiger partial charge in [-0.2, -0.15) is 5.10 Å². The third-order valence-electron chi connectivity index (χ3n) is 11.9. The van der Waals surface area contributed by atoms with Crippen molar-refractivity contribution in [1.29, 1.82) is 0 Å². The highest BCUT2D eigenvalue weighted by Gasteiger charge is 2.42. The van der Waals surface area contributed by atoms with Gasteiger partial charge in [-0.1, -0.05) is 41.4 Å². The lowest BCUT2D eigenvalue weighted by Gasteiger charge is -2.38. The summed E-state index contributed by atoms with van der Waals surface area (Å²) in [6, 6.07) is 15.0. The molecule has 5 heterocycles. The van der Waals surface area contributed by atoms with Gasteiger partial charge in [0, 0.05) is 58.9 Å². The number of hydrogen-bond acceptors (Lipinski definition) is 5. The van der Waals surface area contributed by atoms with Gasteiger partial charge in [0.15, 0.2) is 0 Å². The van der Waals surface area contributed by atoms with Gasteiger partial charge in [0.05, 0.1) is 40.6 Å². The largest absolute Gasteiger partial charge is 0.494 e. The number of carboxylic acid groups (broad SMARTS) is 1. The number of aryl methyl sites for hydroxylation is 5. The first kappa shape index (κ1) is 38.1. The molecular weight excluding hydrogens is 747 g/mol. The van der Waals surface area contributed by atoms with Crippen LogP contribution in [-0.2, 0) is 20.0 Å². The highest BCUT2D eigenvalue weighted by atomic mass is 35.5. The van der Waals surface area contributed by atoms with Gasteiger partial charge in [0.25, 0.3) is 5.91 Å². The zero-order chi connectivity index (χ0) is 39.7. The van der Waals surface area contributed by atoms with Crippen molar-refractivity contribution in [2.45, 2.75) is 72.0 Å². The summed E-state index contributed by atoms with van der Waals surface area (Å²) >= 11 is 13.9. The third kappa shape index (κ3) is 6.36. The molecule has 12 heteroatoms. The Morgan fingerprint density at radius 2 is 1.79 bits per heavy atom. The van der Waals surface area contributed by atoms with Crippen molar-refractivity contribution >= 4 is 62.6 Å². The summed E-state index contributed by atoms with van der Waals surface area (Å²) in [5.41, 5.74) is 9.26. The van der Waals surface area contributed by atoms with Crippen LogP contribution < -0.4 is 9.64 Å². The SMILES string of the molecule is Cc1cc(OCCCc2c3n(c4c(-c5c(C)nn(C)c5C)cccc24)C(C)[C@@H](Cl)N(c2cn(CC4CCN(C)C4)c4ccc(C(=O)O)cc24)C3=O)cc(C)c1Cl. The minimum absolute atomic E-state index is 0.161. The monoisotopic (exact) mass is 794 g/mol. The lowest BCUT2D eigenvalue weighted by atomic mass is 9.98. The first-order valence-corrected chi connectivity index (χ1v) is 20.1. The quantitative estimate of drug-likeness (QED) is 0.0844. The molecule has 56 heavy (non-hydrogen) atoms. The number of nitrogens with zero attached hydrogens (tertiary/aromatic N) is 6. The van der Waals surface area contributed by atoms with E-state index in [2.05, 4.69) is 53.1 Å². The van der Waals surface area contributed by atoms with Crippen molar-refractivity contribution in [2.24, 2.45) is 13.0 Å². The molecule has 0 radical (unpaired) electrons. The van der Waals surface area contributed by atoms with E-state index < -0.39 is 11.5 Å². The topological polar surface area (TPSA) is 97.8 Å². The minimum Gasteiger partial charge on any atom is -0.494 e. The number of halogens is 2. The highest BCUT2D eigenvalue weighted by molar-refractivity contribution is 6.32. The molecule has 3 aromatic heterocycles. The predicted octanol–water partition coefficient (Wildman–Crippen LogP) is 9.33. The number of aromatic nitrogens is 4. The van der Waals surface area contributed by atoms with E-state index >= 15 is 4.79 Å². The summed E-state index contributed by atoms with van der Waals surface area (Å²) in [4.78, 5) is 31.7. The number of carbonyl (C=O) groups excluding carboxylic acids is 1. The number of para-hydroxylation sites is 1. The van der Waals surface area contributed by atoms with Crippen molar-refractivity contribution in [1.82, 2.24) is 23.8 Å². The number of benzene rings is 3. The van der Waals surface area contributed by atoms with Crippen LogP contribution in [0.15, 0.2) is 54.7 Å². The molecule has 1 amide bonds. The van der Waals surface area contributed by atoms with Gasteiger partial charge in [-0.3, -0.25) is 14.4 Å². The number of ether oxygens (including phenoxy) is 1. The van der Waals surface area contributed by atoms with E-state index in [9.17, 15) is 9.90 Å². The van der Waals surface area contributed by atoms with E-state index in [0.29, 0.717) is 42.1 Å². The van der Waals surface area contributed by atoms with Crippen molar-refractivity contribution in [3.63, 3.8) is 0 Å². The van der Waals surface area contributed by atoms with Crippen LogP contribution in [0.2, 0.25) is 5.02 Å². The molecule has 8 rings (SSSR count). The first-order chi connectivity index (χ1) is 26.7. The molecule has 10 nitrogen and oxygen atoms in total. The summed E-state index contributed by atoms with van der Waals surface area (Å²) in [7, 11) is 4.08. The van der Waals surface area contributed by atoms with Gasteiger partial charge in [0.1, 0.15) is 16.9 Å². The zero-order valence-electron chi connectivity index (χ0n) is 33.0. The zero-order valence-corrected chi connectivity index (χ0v) is 34.5. The number of carboxylic acids is 1. The van der Waals surface area contributed by atoms with E-state index in [1.54, 1.807) is 17.0 Å². The van der Waals surface area contributed by atoms with E-state index in [0.717, 1.165) is 92.5 Å². The Bertz CT molecular complexity index is 2530. The fourth-order valence-corrected chi connectivity index (χ4v) is 9.55. The second-order valence-corrected chi connectivity index (χ2v) is 16.6. The Hall–Kier alpha value is -4.77. The Morgan fingerprint density at radius 1 is 1.04 bits per heavy atom. The van der Waals surface area contributed by atoms with Gasteiger partial charge < -0.3 is 23.9 Å². The van der Waals surface area contributed by atoms with E-state index in [4.69, 9.17) is 33.0 Å². The van der Waals surface area contributed by atoms with Crippen molar-refractivity contribution < 1.29 is 19.4 Å². The Labute approximate surface area is 337 Å². The predicted molar refractivity (Wildman–Crippen MR) is 224 cm³/mol. The maximum absolute atomic E-state index is 15.4. The van der Waals surface area contributed by atoms with Crippen molar-refractivity contribution in [3.8, 4) is 16.9 Å². The summed E-state index contributed by atoms with van der Waals surface area (Å²) in [6.45, 7) is 13.3. The van der Waals surface area contributed by atoms with E-state index in [1.165, 1.54) is 0 Å². The fourth-order valence-electron chi connectivity index (χ4n) is 9.13. The maximum atomic E-state index is 15.4. The molecule has 292 valence electrons. The van der Waals surface area contributed by atoms with Gasteiger partial charge in [-0.15, -0.1) is 0 Å². The standard InChI is InChI=1S/C44H48Cl2N6O4/c1-24-18-31(19-25(2)39(24)45)56-17-9-12-33-32-10-8-11-34(38-26(3)47-49(7)27(38)4)40(32)51-28(5)42(46)52(43(53)41(33)51)37-23-50(22-29-15-16-48(6)21-29)36-14-13-30(44(54)55)20-35(36)37/h8,10-11,13-14,18-20,23,28-29,42H,9,12,15-17,21-22H2,1-7H3,(H,54,55)/t28?,29?,42-/m0/s1. The molecule has 0 spiro atoms. The normalized spacial score (nSPS) is 18.8. The summed E-state index contributed by atoms with van der Waals surface area (Å²) in [6.07, 6.45) is 4.31. The van der Waals surface area contributed by atoms with E-state index in [1.807, 2.05) is 56.9 Å². The lowest BCUT2D eigenvalue weighted by Crippen LogP contribution is -2.47. The summed E-state index contributed by atoms with van der Waals surface area (Å²) in [5, 5.41) is 17.2. The minimum atomic E-state index is -1.02. The number of anilines is 1. The first-order valence-electron chi connectivity index (χ1n) is 19.3. The van der Waals surface area contributed by atoms with Gasteiger partial charge in [-0.25, -0.2) is 4.79 Å². The molecule has 3 atom stereocenters. The van der Waals surface area contributed by atoms with Crippen LogP contribution in [0.4, 0.5) is 5.69 Å². The molecule has 1 fully saturated rings. The van der Waals surface area contributed by atoms with Crippen molar-refractivity contribution in [2.75, 3.05) is 31.6 Å². The summed E-state index contributed by atoms with van der Waals surface area (Å²) in [5.74, 6) is -0.0450. The molecule has 6 aromatic rings.